The fraction of sp³-hybridized carbons (Fsp3) is 0.333. The molecule has 1 aliphatic heterocycles. The fourth-order valence-corrected chi connectivity index (χ4v) is 4.06. The molecule has 1 aromatic carbocycles. The van der Waals surface area contributed by atoms with Crippen LogP contribution in [0.5, 0.6) is 11.6 Å². The van der Waals surface area contributed by atoms with E-state index in [-0.39, 0.29) is 12.0 Å². The van der Waals surface area contributed by atoms with E-state index in [1.165, 1.54) is 0 Å². The number of aromatic nitrogens is 2. The number of nitrogens with zero attached hydrogens (tertiary/aromatic N) is 3. The van der Waals surface area contributed by atoms with Crippen molar-refractivity contribution in [2.24, 2.45) is 5.84 Å². The molecule has 0 spiro atoms. The molecule has 4 rings (SSSR count). The number of rotatable bonds is 7. The van der Waals surface area contributed by atoms with Crippen LogP contribution in [-0.4, -0.2) is 42.1 Å². The highest BCUT2D eigenvalue weighted by Crippen LogP contribution is 2.48. The molecular formula is C21H25N5O2S. The maximum absolute atomic E-state index is 6.25. The van der Waals surface area contributed by atoms with Gasteiger partial charge in [0.15, 0.2) is 11.6 Å². The van der Waals surface area contributed by atoms with Crippen molar-refractivity contribution in [1.29, 1.82) is 0 Å². The lowest BCUT2D eigenvalue weighted by Crippen LogP contribution is -2.19. The van der Waals surface area contributed by atoms with Crippen molar-refractivity contribution in [2.45, 2.75) is 18.9 Å². The van der Waals surface area contributed by atoms with Gasteiger partial charge in [-0.3, -0.25) is 0 Å². The smallest absolute Gasteiger partial charge is 0.223 e. The van der Waals surface area contributed by atoms with Crippen LogP contribution in [0.15, 0.2) is 41.8 Å². The van der Waals surface area contributed by atoms with E-state index in [4.69, 9.17) is 15.3 Å². The van der Waals surface area contributed by atoms with Gasteiger partial charge in [0.2, 0.25) is 5.88 Å². The molecule has 3 heterocycles. The Morgan fingerprint density at radius 1 is 1.21 bits per heavy atom. The van der Waals surface area contributed by atoms with E-state index >= 15 is 0 Å². The number of hydrazine groups is 1. The molecule has 0 amide bonds. The number of thiophene rings is 1. The quantitative estimate of drug-likeness (QED) is 0.453. The molecule has 29 heavy (non-hydrogen) atoms. The van der Waals surface area contributed by atoms with E-state index in [9.17, 15) is 0 Å². The highest BCUT2D eigenvalue weighted by molar-refractivity contribution is 7.13. The Morgan fingerprint density at radius 2 is 2.00 bits per heavy atom. The number of anilines is 1. The maximum Gasteiger partial charge on any atom is 0.223 e. The van der Waals surface area contributed by atoms with Gasteiger partial charge in [0.1, 0.15) is 18.5 Å². The SMILES string of the molecule is CC1c2c(NN)nc(-c3cccs3)nc2OC1c1ccc(OCCN(C)C)cc1. The lowest BCUT2D eigenvalue weighted by molar-refractivity contribution is 0.209. The van der Waals surface area contributed by atoms with E-state index in [0.717, 1.165) is 28.3 Å². The summed E-state index contributed by atoms with van der Waals surface area (Å²) in [6, 6.07) is 12.0. The number of hydrogen-bond acceptors (Lipinski definition) is 8. The average Bonchev–Trinajstić information content (AvgIpc) is 3.36. The normalized spacial score (nSPS) is 17.8. The van der Waals surface area contributed by atoms with Crippen molar-refractivity contribution in [3.63, 3.8) is 0 Å². The van der Waals surface area contributed by atoms with Crippen LogP contribution in [0.25, 0.3) is 10.7 Å². The minimum Gasteiger partial charge on any atom is -0.492 e. The standard InChI is InChI=1S/C21H25N5O2S/c1-13-17-20(25-22)23-19(16-5-4-12-29-16)24-21(17)28-18(13)14-6-8-15(9-7-14)27-11-10-26(2)3/h4-9,12-13,18H,10-11,22H2,1-3H3,(H,23,24,25). The molecule has 0 aliphatic carbocycles. The third kappa shape index (κ3) is 4.05. The number of nitrogen functional groups attached to an aromatic ring is 1. The van der Waals surface area contributed by atoms with Gasteiger partial charge in [0.25, 0.3) is 0 Å². The summed E-state index contributed by atoms with van der Waals surface area (Å²) in [5, 5.41) is 2.00. The molecule has 152 valence electrons. The number of nitrogens with two attached hydrogens (primary N) is 1. The number of nitrogens with one attached hydrogen (secondary N) is 1. The first-order chi connectivity index (χ1) is 14.1. The molecule has 0 saturated heterocycles. The van der Waals surface area contributed by atoms with E-state index in [1.807, 2.05) is 55.9 Å². The van der Waals surface area contributed by atoms with Gasteiger partial charge in [-0.05, 0) is 43.2 Å². The minimum absolute atomic E-state index is 0.0638. The van der Waals surface area contributed by atoms with Crippen LogP contribution in [0.2, 0.25) is 0 Å². The molecule has 7 nitrogen and oxygen atoms in total. The van der Waals surface area contributed by atoms with E-state index in [1.54, 1.807) is 11.3 Å². The Labute approximate surface area is 174 Å². The fourth-order valence-electron chi connectivity index (χ4n) is 3.41. The van der Waals surface area contributed by atoms with Crippen molar-refractivity contribution < 1.29 is 9.47 Å². The molecule has 3 N–H and O–H groups in total. The van der Waals surface area contributed by atoms with Crippen LogP contribution >= 0.6 is 11.3 Å². The molecule has 0 bridgehead atoms. The first-order valence-corrected chi connectivity index (χ1v) is 10.4. The van der Waals surface area contributed by atoms with Crippen LogP contribution in [0.3, 0.4) is 0 Å². The summed E-state index contributed by atoms with van der Waals surface area (Å²) in [5.74, 6) is 8.49. The monoisotopic (exact) mass is 411 g/mol. The number of fused-ring (bicyclic) bond motifs is 1. The average molecular weight is 412 g/mol. The van der Waals surface area contributed by atoms with Crippen molar-refractivity contribution in [1.82, 2.24) is 14.9 Å². The lowest BCUT2D eigenvalue weighted by atomic mass is 9.93. The predicted molar refractivity (Wildman–Crippen MR) is 115 cm³/mol. The first-order valence-electron chi connectivity index (χ1n) is 9.53. The van der Waals surface area contributed by atoms with Crippen molar-refractivity contribution in [3.8, 4) is 22.3 Å². The molecule has 2 atom stereocenters. The topological polar surface area (TPSA) is 85.5 Å². The second kappa shape index (κ2) is 8.36. The van der Waals surface area contributed by atoms with Gasteiger partial charge >= 0.3 is 0 Å². The predicted octanol–water partition coefficient (Wildman–Crippen LogP) is 3.67. The van der Waals surface area contributed by atoms with Crippen molar-refractivity contribution in [2.75, 3.05) is 32.7 Å². The van der Waals surface area contributed by atoms with Gasteiger partial charge < -0.3 is 19.8 Å². The Morgan fingerprint density at radius 3 is 2.66 bits per heavy atom. The molecule has 0 fully saturated rings. The molecule has 0 saturated carbocycles. The van der Waals surface area contributed by atoms with Gasteiger partial charge in [-0.15, -0.1) is 11.3 Å². The van der Waals surface area contributed by atoms with Gasteiger partial charge in [0.05, 0.1) is 10.4 Å². The summed E-state index contributed by atoms with van der Waals surface area (Å²) in [7, 11) is 4.06. The molecule has 0 radical (unpaired) electrons. The summed E-state index contributed by atoms with van der Waals surface area (Å²) in [6.07, 6.45) is -0.152. The van der Waals surface area contributed by atoms with Crippen LogP contribution < -0.4 is 20.7 Å². The highest BCUT2D eigenvalue weighted by Gasteiger charge is 2.37. The second-order valence-corrected chi connectivity index (χ2v) is 8.23. The van der Waals surface area contributed by atoms with E-state index < -0.39 is 0 Å². The number of ether oxygens (including phenoxy) is 2. The third-order valence-corrected chi connectivity index (χ3v) is 5.82. The zero-order valence-corrected chi connectivity index (χ0v) is 17.6. The number of benzene rings is 1. The third-order valence-electron chi connectivity index (χ3n) is 4.95. The number of likely N-dealkylation sites (N-methyl/N-ethyl adjacent to an activating group) is 1. The Bertz CT molecular complexity index is 960. The molecular weight excluding hydrogens is 386 g/mol. The first kappa shape index (κ1) is 19.6. The van der Waals surface area contributed by atoms with E-state index in [0.29, 0.717) is 24.1 Å². The Hall–Kier alpha value is -2.68. The lowest BCUT2D eigenvalue weighted by Gasteiger charge is -2.16. The van der Waals surface area contributed by atoms with Gasteiger partial charge in [-0.2, -0.15) is 4.98 Å². The molecule has 2 aromatic heterocycles. The molecule has 1 aliphatic rings. The molecule has 2 unspecified atom stereocenters. The zero-order chi connectivity index (χ0) is 20.4. The van der Waals surface area contributed by atoms with Crippen LogP contribution in [0.4, 0.5) is 5.82 Å². The Balaban J connectivity index is 1.55. The summed E-state index contributed by atoms with van der Waals surface area (Å²) >= 11 is 1.58. The van der Waals surface area contributed by atoms with Gasteiger partial charge in [0, 0.05) is 12.5 Å². The summed E-state index contributed by atoms with van der Waals surface area (Å²) in [5.41, 5.74) is 4.70. The summed E-state index contributed by atoms with van der Waals surface area (Å²) in [4.78, 5) is 12.3. The Kier molecular flexibility index (Phi) is 5.66. The number of hydrogen-bond donors (Lipinski definition) is 2. The second-order valence-electron chi connectivity index (χ2n) is 7.28. The highest BCUT2D eigenvalue weighted by atomic mass is 32.1. The zero-order valence-electron chi connectivity index (χ0n) is 16.8. The van der Waals surface area contributed by atoms with Crippen molar-refractivity contribution >= 4 is 17.2 Å². The van der Waals surface area contributed by atoms with Gasteiger partial charge in [-0.25, -0.2) is 10.8 Å². The van der Waals surface area contributed by atoms with Crippen molar-refractivity contribution in [3.05, 3.63) is 52.9 Å². The van der Waals surface area contributed by atoms with Crippen LogP contribution in [0.1, 0.15) is 30.1 Å². The van der Waals surface area contributed by atoms with Crippen LogP contribution in [0, 0.1) is 0 Å². The maximum atomic E-state index is 6.25. The molecule has 8 heteroatoms. The van der Waals surface area contributed by atoms with Crippen LogP contribution in [-0.2, 0) is 0 Å². The summed E-state index contributed by atoms with van der Waals surface area (Å²) in [6.45, 7) is 3.63. The minimum atomic E-state index is -0.152. The van der Waals surface area contributed by atoms with Gasteiger partial charge in [-0.1, -0.05) is 25.1 Å². The largest absolute Gasteiger partial charge is 0.492 e. The molecule has 3 aromatic rings. The summed E-state index contributed by atoms with van der Waals surface area (Å²) < 4.78 is 12.0. The van der Waals surface area contributed by atoms with E-state index in [2.05, 4.69) is 27.2 Å².